The fourth-order valence-corrected chi connectivity index (χ4v) is 1.66. The van der Waals surface area contributed by atoms with Crippen LogP contribution in [0.5, 0.6) is 5.75 Å². The Balaban J connectivity index is 2.45. The Morgan fingerprint density at radius 2 is 2.31 bits per heavy atom. The number of ketones is 1. The first-order valence-corrected chi connectivity index (χ1v) is 4.56. The van der Waals surface area contributed by atoms with Crippen molar-refractivity contribution in [3.63, 3.8) is 0 Å². The van der Waals surface area contributed by atoms with Gasteiger partial charge in [-0.05, 0) is 12.0 Å². The SMILES string of the molecule is CCc1cccc2c1OCC(=O)C2. The summed E-state index contributed by atoms with van der Waals surface area (Å²) in [6.07, 6.45) is 1.49. The Kier molecular flexibility index (Phi) is 2.05. The van der Waals surface area contributed by atoms with Crippen molar-refractivity contribution in [3.8, 4) is 5.75 Å². The van der Waals surface area contributed by atoms with E-state index in [2.05, 4.69) is 13.0 Å². The van der Waals surface area contributed by atoms with Gasteiger partial charge in [0.2, 0.25) is 0 Å². The first-order valence-electron chi connectivity index (χ1n) is 4.56. The first-order chi connectivity index (χ1) is 6.31. The molecule has 0 aromatic heterocycles. The molecular weight excluding hydrogens is 164 g/mol. The highest BCUT2D eigenvalue weighted by molar-refractivity contribution is 5.84. The van der Waals surface area contributed by atoms with Crippen LogP contribution in [0.25, 0.3) is 0 Å². The third-order valence-electron chi connectivity index (χ3n) is 2.32. The standard InChI is InChI=1S/C11H12O2/c1-2-8-4-3-5-9-6-10(12)7-13-11(8)9/h3-5H,2,6-7H2,1H3. The second-order valence-electron chi connectivity index (χ2n) is 3.26. The number of aryl methyl sites for hydroxylation is 1. The van der Waals surface area contributed by atoms with Gasteiger partial charge in [-0.3, -0.25) is 4.79 Å². The van der Waals surface area contributed by atoms with Crippen LogP contribution in [0.2, 0.25) is 0 Å². The highest BCUT2D eigenvalue weighted by Crippen LogP contribution is 2.27. The molecule has 0 unspecified atom stereocenters. The van der Waals surface area contributed by atoms with E-state index >= 15 is 0 Å². The highest BCUT2D eigenvalue weighted by Gasteiger charge is 2.18. The molecule has 2 heteroatoms. The quantitative estimate of drug-likeness (QED) is 0.651. The second kappa shape index (κ2) is 3.21. The summed E-state index contributed by atoms with van der Waals surface area (Å²) < 4.78 is 5.41. The minimum absolute atomic E-state index is 0.167. The molecule has 1 aliphatic rings. The van der Waals surface area contributed by atoms with Crippen LogP contribution in [0.3, 0.4) is 0 Å². The largest absolute Gasteiger partial charge is 0.485 e. The molecule has 1 heterocycles. The van der Waals surface area contributed by atoms with E-state index in [-0.39, 0.29) is 12.4 Å². The Labute approximate surface area is 77.5 Å². The third kappa shape index (κ3) is 1.44. The fraction of sp³-hybridized carbons (Fsp3) is 0.364. The van der Waals surface area contributed by atoms with Crippen LogP contribution in [0.1, 0.15) is 18.1 Å². The first kappa shape index (κ1) is 8.30. The van der Waals surface area contributed by atoms with Crippen LogP contribution in [-0.4, -0.2) is 12.4 Å². The molecule has 1 aromatic carbocycles. The van der Waals surface area contributed by atoms with Gasteiger partial charge < -0.3 is 4.74 Å². The molecule has 0 amide bonds. The minimum atomic E-state index is 0.167. The Morgan fingerprint density at radius 1 is 1.46 bits per heavy atom. The predicted octanol–water partition coefficient (Wildman–Crippen LogP) is 1.75. The van der Waals surface area contributed by atoms with E-state index in [1.54, 1.807) is 0 Å². The van der Waals surface area contributed by atoms with Crippen LogP contribution in [0.15, 0.2) is 18.2 Å². The topological polar surface area (TPSA) is 26.3 Å². The number of benzene rings is 1. The zero-order valence-corrected chi connectivity index (χ0v) is 7.67. The lowest BCUT2D eigenvalue weighted by molar-refractivity contribution is -0.121. The van der Waals surface area contributed by atoms with Gasteiger partial charge >= 0.3 is 0 Å². The summed E-state index contributed by atoms with van der Waals surface area (Å²) >= 11 is 0. The van der Waals surface area contributed by atoms with Gasteiger partial charge in [-0.1, -0.05) is 25.1 Å². The molecule has 2 rings (SSSR count). The number of para-hydroxylation sites is 1. The summed E-state index contributed by atoms with van der Waals surface area (Å²) in [5.41, 5.74) is 2.24. The van der Waals surface area contributed by atoms with E-state index in [4.69, 9.17) is 4.74 Å². The molecule has 1 aromatic rings. The monoisotopic (exact) mass is 176 g/mol. The molecule has 0 spiro atoms. The van der Waals surface area contributed by atoms with Gasteiger partial charge in [0.15, 0.2) is 5.78 Å². The number of hydrogen-bond acceptors (Lipinski definition) is 2. The molecule has 0 atom stereocenters. The van der Waals surface area contributed by atoms with E-state index in [1.807, 2.05) is 12.1 Å². The van der Waals surface area contributed by atoms with Gasteiger partial charge in [0.1, 0.15) is 12.4 Å². The van der Waals surface area contributed by atoms with Gasteiger partial charge in [0.05, 0.1) is 0 Å². The van der Waals surface area contributed by atoms with E-state index in [1.165, 1.54) is 5.56 Å². The van der Waals surface area contributed by atoms with Crippen LogP contribution in [-0.2, 0) is 17.6 Å². The maximum atomic E-state index is 11.1. The van der Waals surface area contributed by atoms with Gasteiger partial charge in [-0.15, -0.1) is 0 Å². The van der Waals surface area contributed by atoms with Crippen molar-refractivity contribution in [2.75, 3.05) is 6.61 Å². The summed E-state index contributed by atoms with van der Waals surface area (Å²) in [5, 5.41) is 0. The Bertz CT molecular complexity index is 342. The zero-order chi connectivity index (χ0) is 9.26. The molecule has 0 saturated carbocycles. The fourth-order valence-electron chi connectivity index (χ4n) is 1.66. The number of carbonyl (C=O) groups excluding carboxylic acids is 1. The molecule has 0 N–H and O–H groups in total. The lowest BCUT2D eigenvalue weighted by Gasteiger charge is -2.18. The summed E-state index contributed by atoms with van der Waals surface area (Å²) in [6.45, 7) is 2.33. The summed E-state index contributed by atoms with van der Waals surface area (Å²) in [4.78, 5) is 11.1. The molecule has 0 saturated heterocycles. The molecule has 1 aliphatic heterocycles. The Hall–Kier alpha value is -1.31. The van der Waals surface area contributed by atoms with Gasteiger partial charge in [-0.25, -0.2) is 0 Å². The number of Topliss-reactive ketones (excluding diaryl/α,β-unsaturated/α-hetero) is 1. The molecule has 13 heavy (non-hydrogen) atoms. The van der Waals surface area contributed by atoms with Crippen molar-refractivity contribution in [2.45, 2.75) is 19.8 Å². The van der Waals surface area contributed by atoms with E-state index in [0.29, 0.717) is 6.42 Å². The van der Waals surface area contributed by atoms with Crippen LogP contribution < -0.4 is 4.74 Å². The lowest BCUT2D eigenvalue weighted by Crippen LogP contribution is -2.21. The van der Waals surface area contributed by atoms with Crippen LogP contribution >= 0.6 is 0 Å². The molecular formula is C11H12O2. The number of rotatable bonds is 1. The number of fused-ring (bicyclic) bond motifs is 1. The molecule has 0 aliphatic carbocycles. The van der Waals surface area contributed by atoms with E-state index in [0.717, 1.165) is 17.7 Å². The van der Waals surface area contributed by atoms with Crippen LogP contribution in [0, 0.1) is 0 Å². The lowest BCUT2D eigenvalue weighted by atomic mass is 10.0. The summed E-state index contributed by atoms with van der Waals surface area (Å²) in [6, 6.07) is 6.00. The van der Waals surface area contributed by atoms with Crippen molar-refractivity contribution < 1.29 is 9.53 Å². The maximum Gasteiger partial charge on any atom is 0.174 e. The maximum absolute atomic E-state index is 11.1. The Morgan fingerprint density at radius 3 is 3.08 bits per heavy atom. The summed E-state index contributed by atoms with van der Waals surface area (Å²) in [7, 11) is 0. The molecule has 0 radical (unpaired) electrons. The van der Waals surface area contributed by atoms with E-state index < -0.39 is 0 Å². The second-order valence-corrected chi connectivity index (χ2v) is 3.26. The van der Waals surface area contributed by atoms with Gasteiger partial charge in [0, 0.05) is 12.0 Å². The smallest absolute Gasteiger partial charge is 0.174 e. The normalized spacial score (nSPS) is 15.0. The average molecular weight is 176 g/mol. The molecule has 68 valence electrons. The molecule has 0 fully saturated rings. The van der Waals surface area contributed by atoms with Crippen molar-refractivity contribution in [1.29, 1.82) is 0 Å². The van der Waals surface area contributed by atoms with Gasteiger partial charge in [0.25, 0.3) is 0 Å². The summed E-state index contributed by atoms with van der Waals surface area (Å²) in [5.74, 6) is 1.10. The van der Waals surface area contributed by atoms with Gasteiger partial charge in [-0.2, -0.15) is 0 Å². The minimum Gasteiger partial charge on any atom is -0.485 e. The number of carbonyl (C=O) groups is 1. The van der Waals surface area contributed by atoms with Crippen LogP contribution in [0.4, 0.5) is 0 Å². The third-order valence-corrected chi connectivity index (χ3v) is 2.32. The predicted molar refractivity (Wildman–Crippen MR) is 50.0 cm³/mol. The zero-order valence-electron chi connectivity index (χ0n) is 7.67. The van der Waals surface area contributed by atoms with Crippen molar-refractivity contribution >= 4 is 5.78 Å². The average Bonchev–Trinajstić information content (AvgIpc) is 2.16. The number of hydrogen-bond donors (Lipinski definition) is 0. The van der Waals surface area contributed by atoms with Crippen molar-refractivity contribution in [3.05, 3.63) is 29.3 Å². The molecule has 2 nitrogen and oxygen atoms in total. The molecule has 0 bridgehead atoms. The van der Waals surface area contributed by atoms with Crippen molar-refractivity contribution in [2.24, 2.45) is 0 Å². The van der Waals surface area contributed by atoms with E-state index in [9.17, 15) is 4.79 Å². The van der Waals surface area contributed by atoms with Crippen molar-refractivity contribution in [1.82, 2.24) is 0 Å². The highest BCUT2D eigenvalue weighted by atomic mass is 16.5. The number of ether oxygens (including phenoxy) is 1.